The van der Waals surface area contributed by atoms with Gasteiger partial charge in [-0.3, -0.25) is 4.79 Å². The predicted octanol–water partition coefficient (Wildman–Crippen LogP) is 3.02. The lowest BCUT2D eigenvalue weighted by Gasteiger charge is -2.18. The van der Waals surface area contributed by atoms with Gasteiger partial charge in [0.15, 0.2) is 11.5 Å². The van der Waals surface area contributed by atoms with Crippen LogP contribution in [0.5, 0.6) is 11.5 Å². The van der Waals surface area contributed by atoms with Crippen molar-refractivity contribution in [3.63, 3.8) is 0 Å². The first-order chi connectivity index (χ1) is 13.1. The Balaban J connectivity index is 1.52. The maximum atomic E-state index is 12.2. The van der Waals surface area contributed by atoms with Crippen LogP contribution in [0.15, 0.2) is 53.4 Å². The standard InChI is InChI=1S/C19H20N2O5S/c22-18(23)11-15(13-6-7-16-17(10-13)26-12-25-16)21-19(24)20-8-9-27-14-4-2-1-3-5-14/h1-7,10,15H,8-9,11-12H2,(H,22,23)(H2,20,21,24). The zero-order chi connectivity index (χ0) is 19.1. The number of hydrogen-bond acceptors (Lipinski definition) is 5. The maximum Gasteiger partial charge on any atom is 0.315 e. The molecule has 0 radical (unpaired) electrons. The first-order valence-corrected chi connectivity index (χ1v) is 9.44. The average molecular weight is 388 g/mol. The van der Waals surface area contributed by atoms with Crippen LogP contribution in [-0.4, -0.2) is 36.2 Å². The number of fused-ring (bicyclic) bond motifs is 1. The Morgan fingerprint density at radius 2 is 1.89 bits per heavy atom. The Morgan fingerprint density at radius 1 is 1.11 bits per heavy atom. The van der Waals surface area contributed by atoms with E-state index in [0.29, 0.717) is 29.4 Å². The second-order valence-electron chi connectivity index (χ2n) is 5.82. The largest absolute Gasteiger partial charge is 0.481 e. The number of nitrogens with one attached hydrogen (secondary N) is 2. The van der Waals surface area contributed by atoms with Gasteiger partial charge in [0.1, 0.15) is 0 Å². The van der Waals surface area contributed by atoms with Gasteiger partial charge < -0.3 is 25.2 Å². The molecule has 1 atom stereocenters. The van der Waals surface area contributed by atoms with E-state index in [4.69, 9.17) is 14.6 Å². The quantitative estimate of drug-likeness (QED) is 0.475. The second-order valence-corrected chi connectivity index (χ2v) is 6.99. The molecule has 0 saturated heterocycles. The van der Waals surface area contributed by atoms with E-state index in [1.165, 1.54) is 0 Å². The van der Waals surface area contributed by atoms with Crippen LogP contribution >= 0.6 is 11.8 Å². The number of carboxylic acids is 1. The molecule has 0 saturated carbocycles. The van der Waals surface area contributed by atoms with E-state index in [2.05, 4.69) is 10.6 Å². The van der Waals surface area contributed by atoms with E-state index < -0.39 is 18.0 Å². The molecule has 8 heteroatoms. The minimum absolute atomic E-state index is 0.134. The summed E-state index contributed by atoms with van der Waals surface area (Å²) in [7, 11) is 0. The van der Waals surface area contributed by atoms with Gasteiger partial charge in [0.05, 0.1) is 12.5 Å². The van der Waals surface area contributed by atoms with E-state index >= 15 is 0 Å². The van der Waals surface area contributed by atoms with Gasteiger partial charge >= 0.3 is 12.0 Å². The molecule has 1 heterocycles. The first-order valence-electron chi connectivity index (χ1n) is 8.45. The van der Waals surface area contributed by atoms with Crippen molar-refractivity contribution in [3.8, 4) is 11.5 Å². The summed E-state index contributed by atoms with van der Waals surface area (Å²) in [5, 5.41) is 14.6. The molecule has 2 aromatic carbocycles. The third-order valence-corrected chi connectivity index (χ3v) is 4.90. The van der Waals surface area contributed by atoms with Gasteiger partial charge in [-0.05, 0) is 29.8 Å². The number of carbonyl (C=O) groups excluding carboxylic acids is 1. The number of hydrogen-bond donors (Lipinski definition) is 3. The summed E-state index contributed by atoms with van der Waals surface area (Å²) >= 11 is 1.63. The molecular weight excluding hydrogens is 368 g/mol. The highest BCUT2D eigenvalue weighted by Gasteiger charge is 2.21. The fourth-order valence-electron chi connectivity index (χ4n) is 2.62. The minimum atomic E-state index is -1.00. The molecule has 1 aliphatic rings. The SMILES string of the molecule is O=C(O)CC(NC(=O)NCCSc1ccccc1)c1ccc2c(c1)OCO2. The smallest absolute Gasteiger partial charge is 0.315 e. The van der Waals surface area contributed by atoms with Crippen molar-refractivity contribution in [3.05, 3.63) is 54.1 Å². The number of rotatable bonds is 8. The summed E-state index contributed by atoms with van der Waals surface area (Å²) in [5.41, 5.74) is 0.649. The third-order valence-electron chi connectivity index (χ3n) is 3.88. The molecule has 0 bridgehead atoms. The first kappa shape index (κ1) is 18.9. The molecule has 2 amide bonds. The van der Waals surface area contributed by atoms with Gasteiger partial charge in [-0.1, -0.05) is 24.3 Å². The molecule has 2 aromatic rings. The summed E-state index contributed by atoms with van der Waals surface area (Å²) < 4.78 is 10.6. The Kier molecular flexibility index (Phi) is 6.43. The number of thioether (sulfide) groups is 1. The van der Waals surface area contributed by atoms with E-state index in [-0.39, 0.29) is 13.2 Å². The van der Waals surface area contributed by atoms with Crippen LogP contribution in [0.3, 0.4) is 0 Å². The summed E-state index contributed by atoms with van der Waals surface area (Å²) in [6, 6.07) is 14.0. The second kappa shape index (κ2) is 9.18. The van der Waals surface area contributed by atoms with E-state index in [0.717, 1.165) is 4.90 Å². The van der Waals surface area contributed by atoms with Gasteiger partial charge in [-0.15, -0.1) is 11.8 Å². The van der Waals surface area contributed by atoms with Crippen molar-refractivity contribution in [1.82, 2.24) is 10.6 Å². The Hall–Kier alpha value is -2.87. The molecule has 142 valence electrons. The van der Waals surface area contributed by atoms with Crippen LogP contribution in [0, 0.1) is 0 Å². The van der Waals surface area contributed by atoms with Crippen molar-refractivity contribution < 1.29 is 24.2 Å². The van der Waals surface area contributed by atoms with E-state index in [1.807, 2.05) is 30.3 Å². The molecule has 1 aliphatic heterocycles. The number of amides is 2. The van der Waals surface area contributed by atoms with E-state index in [9.17, 15) is 9.59 Å². The zero-order valence-electron chi connectivity index (χ0n) is 14.5. The molecule has 0 aromatic heterocycles. The highest BCUT2D eigenvalue weighted by atomic mass is 32.2. The summed E-state index contributed by atoms with van der Waals surface area (Å²) in [6.07, 6.45) is -0.230. The van der Waals surface area contributed by atoms with Gasteiger partial charge in [0.25, 0.3) is 0 Å². The molecule has 0 fully saturated rings. The number of carbonyl (C=O) groups is 2. The fraction of sp³-hybridized carbons (Fsp3) is 0.263. The van der Waals surface area contributed by atoms with Gasteiger partial charge in [-0.2, -0.15) is 0 Å². The molecular formula is C19H20N2O5S. The molecule has 0 spiro atoms. The number of urea groups is 1. The van der Waals surface area contributed by atoms with Crippen LogP contribution in [0.25, 0.3) is 0 Å². The third kappa shape index (κ3) is 5.55. The average Bonchev–Trinajstić information content (AvgIpc) is 3.13. The van der Waals surface area contributed by atoms with Crippen LogP contribution < -0.4 is 20.1 Å². The molecule has 3 N–H and O–H groups in total. The van der Waals surface area contributed by atoms with Crippen LogP contribution in [0.4, 0.5) is 4.79 Å². The highest BCUT2D eigenvalue weighted by molar-refractivity contribution is 7.99. The lowest BCUT2D eigenvalue weighted by atomic mass is 10.0. The van der Waals surface area contributed by atoms with Crippen molar-refractivity contribution in [1.29, 1.82) is 0 Å². The lowest BCUT2D eigenvalue weighted by molar-refractivity contribution is -0.137. The van der Waals surface area contributed by atoms with Gasteiger partial charge in [0, 0.05) is 17.2 Å². The van der Waals surface area contributed by atoms with Crippen LogP contribution in [0.1, 0.15) is 18.0 Å². The number of aliphatic carboxylic acids is 1. The molecule has 7 nitrogen and oxygen atoms in total. The fourth-order valence-corrected chi connectivity index (χ4v) is 3.41. The van der Waals surface area contributed by atoms with Crippen molar-refractivity contribution in [2.75, 3.05) is 19.1 Å². The maximum absolute atomic E-state index is 12.2. The number of carboxylic acid groups (broad SMARTS) is 1. The summed E-state index contributed by atoms with van der Waals surface area (Å²) in [4.78, 5) is 24.5. The summed E-state index contributed by atoms with van der Waals surface area (Å²) in [5.74, 6) is 0.864. The number of benzene rings is 2. The number of ether oxygens (including phenoxy) is 2. The van der Waals surface area contributed by atoms with Gasteiger partial charge in [0.2, 0.25) is 6.79 Å². The van der Waals surface area contributed by atoms with Crippen LogP contribution in [0.2, 0.25) is 0 Å². The molecule has 3 rings (SSSR count). The normalized spacial score (nSPS) is 13.0. The molecule has 0 aliphatic carbocycles. The molecule has 27 heavy (non-hydrogen) atoms. The zero-order valence-corrected chi connectivity index (χ0v) is 15.3. The van der Waals surface area contributed by atoms with Crippen molar-refractivity contribution >= 4 is 23.8 Å². The molecule has 1 unspecified atom stereocenters. The lowest BCUT2D eigenvalue weighted by Crippen LogP contribution is -2.39. The van der Waals surface area contributed by atoms with Crippen LogP contribution in [-0.2, 0) is 4.79 Å². The Morgan fingerprint density at radius 3 is 2.67 bits per heavy atom. The Labute approximate surface area is 161 Å². The van der Waals surface area contributed by atoms with Crippen molar-refractivity contribution in [2.45, 2.75) is 17.4 Å². The van der Waals surface area contributed by atoms with Gasteiger partial charge in [-0.25, -0.2) is 4.79 Å². The minimum Gasteiger partial charge on any atom is -0.481 e. The monoisotopic (exact) mass is 388 g/mol. The van der Waals surface area contributed by atoms with Crippen molar-refractivity contribution in [2.24, 2.45) is 0 Å². The Bertz CT molecular complexity index is 800. The van der Waals surface area contributed by atoms with E-state index in [1.54, 1.807) is 30.0 Å². The highest BCUT2D eigenvalue weighted by Crippen LogP contribution is 2.34. The predicted molar refractivity (Wildman–Crippen MR) is 101 cm³/mol. The summed E-state index contributed by atoms with van der Waals surface area (Å²) in [6.45, 7) is 0.599. The topological polar surface area (TPSA) is 96.9 Å².